The number of halogens is 3. The van der Waals surface area contributed by atoms with E-state index in [0.29, 0.717) is 43.4 Å². The quantitative estimate of drug-likeness (QED) is 0.483. The summed E-state index contributed by atoms with van der Waals surface area (Å²) in [6.45, 7) is 5.39. The predicted octanol–water partition coefficient (Wildman–Crippen LogP) is 5.05. The Hall–Kier alpha value is -2.51. The van der Waals surface area contributed by atoms with Gasteiger partial charge >= 0.3 is 12.2 Å². The number of hydrogen-bond donors (Lipinski definition) is 2. The summed E-state index contributed by atoms with van der Waals surface area (Å²) in [4.78, 5) is 26.0. The third-order valence-electron chi connectivity index (χ3n) is 6.35. The monoisotopic (exact) mass is 438 g/mol. The number of rotatable bonds is 6. The largest absolute Gasteiger partial charge is 0.511 e. The second kappa shape index (κ2) is 9.32. The first-order chi connectivity index (χ1) is 14.6. The molecule has 0 radical (unpaired) electrons. The van der Waals surface area contributed by atoms with Crippen LogP contribution in [0.4, 0.5) is 18.0 Å². The first-order valence-electron chi connectivity index (χ1n) is 10.7. The fourth-order valence-electron chi connectivity index (χ4n) is 4.76. The third kappa shape index (κ3) is 5.22. The Bertz CT molecular complexity index is 834. The molecule has 3 rings (SSSR count). The molecule has 170 valence electrons. The molecule has 1 aromatic carbocycles. The fourth-order valence-corrected chi connectivity index (χ4v) is 4.76. The summed E-state index contributed by atoms with van der Waals surface area (Å²) in [6.07, 6.45) is -0.677. The molecule has 1 aliphatic heterocycles. The summed E-state index contributed by atoms with van der Waals surface area (Å²) < 4.78 is 40.9. The second-order valence-corrected chi connectivity index (χ2v) is 8.65. The maximum absolute atomic E-state index is 13.6. The van der Waals surface area contributed by atoms with E-state index in [0.717, 1.165) is 17.5 Å². The van der Waals surface area contributed by atoms with Gasteiger partial charge in [-0.2, -0.15) is 13.2 Å². The Labute approximate surface area is 180 Å². The van der Waals surface area contributed by atoms with Crippen LogP contribution in [0.2, 0.25) is 0 Å². The molecular weight excluding hydrogens is 409 g/mol. The molecule has 0 aromatic heterocycles. The lowest BCUT2D eigenvalue weighted by molar-refractivity contribution is -0.170. The zero-order chi connectivity index (χ0) is 22.8. The van der Waals surface area contributed by atoms with Crippen molar-refractivity contribution < 1.29 is 27.9 Å². The number of urea groups is 1. The summed E-state index contributed by atoms with van der Waals surface area (Å²) in [5.41, 5.74) is 2.08. The molecule has 2 N–H and O–H groups in total. The highest BCUT2D eigenvalue weighted by Crippen LogP contribution is 2.37. The van der Waals surface area contributed by atoms with Gasteiger partial charge < -0.3 is 10.4 Å². The minimum absolute atomic E-state index is 0.363. The van der Waals surface area contributed by atoms with E-state index in [1.165, 1.54) is 0 Å². The van der Waals surface area contributed by atoms with Crippen LogP contribution in [0.1, 0.15) is 49.7 Å². The molecule has 0 spiro atoms. The number of β-lactam (4-membered cyclic amide) rings is 1. The van der Waals surface area contributed by atoms with Gasteiger partial charge in [0.05, 0.1) is 5.92 Å². The topological polar surface area (TPSA) is 69.6 Å². The van der Waals surface area contributed by atoms with Crippen molar-refractivity contribution in [3.05, 3.63) is 47.7 Å². The Balaban J connectivity index is 1.68. The van der Waals surface area contributed by atoms with Crippen LogP contribution in [0, 0.1) is 18.8 Å². The Morgan fingerprint density at radius 2 is 1.97 bits per heavy atom. The summed E-state index contributed by atoms with van der Waals surface area (Å²) in [5.74, 6) is -2.38. The zero-order valence-corrected chi connectivity index (χ0v) is 17.6. The van der Waals surface area contributed by atoms with Gasteiger partial charge in [0.2, 0.25) is 5.91 Å². The summed E-state index contributed by atoms with van der Waals surface area (Å²) in [5, 5.41) is 12.0. The van der Waals surface area contributed by atoms with Gasteiger partial charge in [0.25, 0.3) is 0 Å². The molecule has 2 aliphatic rings. The van der Waals surface area contributed by atoms with Crippen LogP contribution >= 0.6 is 0 Å². The first kappa shape index (κ1) is 23.2. The predicted molar refractivity (Wildman–Crippen MR) is 110 cm³/mol. The number of nitrogens with zero attached hydrogens (tertiary/aromatic N) is 1. The van der Waals surface area contributed by atoms with Crippen molar-refractivity contribution in [1.82, 2.24) is 10.2 Å². The number of carbonyl (C=O) groups is 2. The van der Waals surface area contributed by atoms with E-state index >= 15 is 0 Å². The molecule has 2 unspecified atom stereocenters. The van der Waals surface area contributed by atoms with Gasteiger partial charge in [0.15, 0.2) is 0 Å². The van der Waals surface area contributed by atoms with Crippen molar-refractivity contribution in [3.63, 3.8) is 0 Å². The van der Waals surface area contributed by atoms with Crippen LogP contribution in [0.15, 0.2) is 36.6 Å². The van der Waals surface area contributed by atoms with Gasteiger partial charge in [-0.1, -0.05) is 55.7 Å². The number of aryl methyl sites for hydroxylation is 2. The molecule has 1 saturated carbocycles. The van der Waals surface area contributed by atoms with Crippen molar-refractivity contribution in [2.75, 3.05) is 0 Å². The number of aliphatic hydroxyl groups is 1. The number of carbonyl (C=O) groups excluding carboxylic acids is 2. The zero-order valence-electron chi connectivity index (χ0n) is 17.6. The lowest BCUT2D eigenvalue weighted by atomic mass is 9.81. The minimum atomic E-state index is -4.61. The van der Waals surface area contributed by atoms with Gasteiger partial charge in [-0.15, -0.1) is 0 Å². The Morgan fingerprint density at radius 1 is 1.29 bits per heavy atom. The minimum Gasteiger partial charge on any atom is -0.511 e. The number of nitrogens with one attached hydrogen (secondary N) is 1. The van der Waals surface area contributed by atoms with Crippen LogP contribution in [0.3, 0.4) is 0 Å². The molecule has 2 fully saturated rings. The van der Waals surface area contributed by atoms with Crippen molar-refractivity contribution >= 4 is 11.9 Å². The molecule has 3 atom stereocenters. The molecule has 31 heavy (non-hydrogen) atoms. The highest BCUT2D eigenvalue weighted by Gasteiger charge is 2.54. The van der Waals surface area contributed by atoms with Crippen molar-refractivity contribution in [2.45, 2.75) is 70.1 Å². The average Bonchev–Trinajstić information content (AvgIpc) is 2.69. The van der Waals surface area contributed by atoms with E-state index in [9.17, 15) is 27.9 Å². The molecule has 3 amide bonds. The van der Waals surface area contributed by atoms with E-state index in [1.54, 1.807) is 0 Å². The van der Waals surface area contributed by atoms with Crippen LogP contribution in [-0.2, 0) is 11.2 Å². The van der Waals surface area contributed by atoms with E-state index < -0.39 is 47.8 Å². The average molecular weight is 438 g/mol. The SMILES string of the molecule is C=C(O)C1[C@@H](CCc2cccc(C)c2)C(=O)N1C(=O)NC(C1CCCCC1)C(F)(F)F. The maximum atomic E-state index is 13.6. The molecular formula is C23H29F3N2O3. The Kier molecular flexibility index (Phi) is 6.96. The van der Waals surface area contributed by atoms with E-state index in [-0.39, 0.29) is 0 Å². The highest BCUT2D eigenvalue weighted by atomic mass is 19.4. The number of amides is 3. The van der Waals surface area contributed by atoms with Crippen molar-refractivity contribution in [3.8, 4) is 0 Å². The first-order valence-corrected chi connectivity index (χ1v) is 10.7. The number of alkyl halides is 3. The Morgan fingerprint density at radius 3 is 2.55 bits per heavy atom. The molecule has 8 heteroatoms. The van der Waals surface area contributed by atoms with Gasteiger partial charge in [-0.3, -0.25) is 9.69 Å². The van der Waals surface area contributed by atoms with E-state index in [4.69, 9.17) is 0 Å². The van der Waals surface area contributed by atoms with Crippen molar-refractivity contribution in [2.24, 2.45) is 11.8 Å². The van der Waals surface area contributed by atoms with Gasteiger partial charge in [-0.25, -0.2) is 4.79 Å². The normalized spacial score (nSPS) is 23.2. The molecule has 1 heterocycles. The highest BCUT2D eigenvalue weighted by molar-refractivity contribution is 6.02. The smallest absolute Gasteiger partial charge is 0.408 e. The van der Waals surface area contributed by atoms with Gasteiger partial charge in [0, 0.05) is 0 Å². The van der Waals surface area contributed by atoms with Crippen LogP contribution < -0.4 is 5.32 Å². The molecule has 0 bridgehead atoms. The van der Waals surface area contributed by atoms with Crippen LogP contribution in [0.25, 0.3) is 0 Å². The number of aliphatic hydroxyl groups excluding tert-OH is 1. The van der Waals surface area contributed by atoms with Crippen molar-refractivity contribution in [1.29, 1.82) is 0 Å². The molecule has 1 saturated heterocycles. The number of imide groups is 1. The lowest BCUT2D eigenvalue weighted by Gasteiger charge is -2.46. The third-order valence-corrected chi connectivity index (χ3v) is 6.35. The van der Waals surface area contributed by atoms with Gasteiger partial charge in [-0.05, 0) is 44.1 Å². The molecule has 1 aromatic rings. The number of likely N-dealkylation sites (tertiary alicyclic amines) is 1. The van der Waals surface area contributed by atoms with E-state index in [1.807, 2.05) is 36.5 Å². The summed E-state index contributed by atoms with van der Waals surface area (Å²) in [7, 11) is 0. The van der Waals surface area contributed by atoms with Crippen LogP contribution in [0.5, 0.6) is 0 Å². The maximum Gasteiger partial charge on any atom is 0.408 e. The summed E-state index contributed by atoms with van der Waals surface area (Å²) in [6, 6.07) is 3.61. The molecule has 1 aliphatic carbocycles. The van der Waals surface area contributed by atoms with E-state index in [2.05, 4.69) is 6.58 Å². The lowest BCUT2D eigenvalue weighted by Crippen LogP contribution is -2.68. The fraction of sp³-hybridized carbons (Fsp3) is 0.565. The number of hydrogen-bond acceptors (Lipinski definition) is 3. The summed E-state index contributed by atoms with van der Waals surface area (Å²) >= 11 is 0. The van der Waals surface area contributed by atoms with Gasteiger partial charge in [0.1, 0.15) is 17.8 Å². The number of benzene rings is 1. The van der Waals surface area contributed by atoms with Crippen LogP contribution in [-0.4, -0.2) is 40.2 Å². The molecule has 5 nitrogen and oxygen atoms in total. The second-order valence-electron chi connectivity index (χ2n) is 8.65. The standard InChI is InChI=1S/C23H29F3N2O3/c1-14-7-6-8-16(13-14)11-12-18-19(15(2)29)28(21(18)30)22(31)27-20(23(24,25)26)17-9-4-3-5-10-17/h6-8,13,17-20,29H,2-5,9-12H2,1H3,(H,27,31)/t18-,19?,20?/m1/s1.